The van der Waals surface area contributed by atoms with Gasteiger partial charge in [0.2, 0.25) is 0 Å². The predicted octanol–water partition coefficient (Wildman–Crippen LogP) is 5.28. The molecule has 0 unspecified atom stereocenters. The largest absolute Gasteiger partial charge is 0.462 e. The van der Waals surface area contributed by atoms with E-state index in [2.05, 4.69) is 78.0 Å². The molecule has 2 aromatic carbocycles. The lowest BCUT2D eigenvalue weighted by Gasteiger charge is -2.18. The molecule has 0 N–H and O–H groups in total. The summed E-state index contributed by atoms with van der Waals surface area (Å²) in [4.78, 5) is 13.2. The standard InChI is InChI=1S/C29H29N2O2/c1-4-33-29(32)26-25-15-14-22-19-31(18-21-11-6-5-7-12-21)17-16-24(22)27(25)30(3)28(26)23-13-9-8-10-20(23)2/h5-13,16-17,19H,4,14-15,18H2,1-3H3/q+1. The number of esters is 1. The van der Waals surface area contributed by atoms with Crippen LogP contribution < -0.4 is 4.57 Å². The van der Waals surface area contributed by atoms with Crippen LogP contribution >= 0.6 is 0 Å². The van der Waals surface area contributed by atoms with Crippen LogP contribution in [0.3, 0.4) is 0 Å². The third-order valence-corrected chi connectivity index (χ3v) is 6.58. The molecule has 0 aliphatic heterocycles. The highest BCUT2D eigenvalue weighted by Crippen LogP contribution is 2.42. The average Bonchev–Trinajstić information content (AvgIpc) is 3.12. The molecule has 4 heteroatoms. The van der Waals surface area contributed by atoms with Gasteiger partial charge < -0.3 is 9.30 Å². The molecule has 166 valence electrons. The molecule has 0 saturated heterocycles. The molecular formula is C29H29N2O2+. The number of rotatable bonds is 5. The molecule has 2 heterocycles. The molecule has 1 aliphatic rings. The van der Waals surface area contributed by atoms with Gasteiger partial charge in [0.05, 0.1) is 23.6 Å². The zero-order valence-electron chi connectivity index (χ0n) is 19.5. The van der Waals surface area contributed by atoms with Gasteiger partial charge in [-0.05, 0) is 37.8 Å². The molecular weight excluding hydrogens is 408 g/mol. The Morgan fingerprint density at radius 1 is 0.970 bits per heavy atom. The Morgan fingerprint density at radius 3 is 2.48 bits per heavy atom. The second-order valence-electron chi connectivity index (χ2n) is 8.69. The van der Waals surface area contributed by atoms with E-state index in [9.17, 15) is 4.79 Å². The van der Waals surface area contributed by atoms with E-state index in [1.54, 1.807) is 0 Å². The van der Waals surface area contributed by atoms with Gasteiger partial charge in [-0.1, -0.05) is 54.6 Å². The Balaban J connectivity index is 1.65. The van der Waals surface area contributed by atoms with Crippen molar-refractivity contribution in [2.24, 2.45) is 7.05 Å². The Kier molecular flexibility index (Phi) is 5.59. The second kappa shape index (κ2) is 8.70. The maximum atomic E-state index is 13.2. The van der Waals surface area contributed by atoms with Gasteiger partial charge in [-0.2, -0.15) is 0 Å². The van der Waals surface area contributed by atoms with Crippen molar-refractivity contribution < 1.29 is 14.1 Å². The first-order valence-electron chi connectivity index (χ1n) is 11.6. The number of fused-ring (bicyclic) bond motifs is 3. The summed E-state index contributed by atoms with van der Waals surface area (Å²) < 4.78 is 9.97. The van der Waals surface area contributed by atoms with Crippen LogP contribution in [0.4, 0.5) is 0 Å². The summed E-state index contributed by atoms with van der Waals surface area (Å²) in [5.41, 5.74) is 9.92. The fourth-order valence-corrected chi connectivity index (χ4v) is 5.08. The minimum atomic E-state index is -0.230. The molecule has 0 spiro atoms. The third-order valence-electron chi connectivity index (χ3n) is 6.58. The first-order chi connectivity index (χ1) is 16.1. The second-order valence-corrected chi connectivity index (χ2v) is 8.69. The van der Waals surface area contributed by atoms with Crippen molar-refractivity contribution in [1.82, 2.24) is 4.57 Å². The van der Waals surface area contributed by atoms with E-state index >= 15 is 0 Å². The lowest BCUT2D eigenvalue weighted by atomic mass is 9.89. The van der Waals surface area contributed by atoms with Gasteiger partial charge in [0.1, 0.15) is 0 Å². The summed E-state index contributed by atoms with van der Waals surface area (Å²) in [6.45, 7) is 5.17. The summed E-state index contributed by atoms with van der Waals surface area (Å²) >= 11 is 0. The summed E-state index contributed by atoms with van der Waals surface area (Å²) in [6, 6.07) is 21.0. The number of hydrogen-bond acceptors (Lipinski definition) is 2. The molecule has 33 heavy (non-hydrogen) atoms. The molecule has 2 aromatic heterocycles. The number of benzene rings is 2. The van der Waals surface area contributed by atoms with Crippen LogP contribution in [0.5, 0.6) is 0 Å². The van der Waals surface area contributed by atoms with Gasteiger partial charge in [0.25, 0.3) is 0 Å². The van der Waals surface area contributed by atoms with Gasteiger partial charge in [-0.3, -0.25) is 0 Å². The lowest BCUT2D eigenvalue weighted by Crippen LogP contribution is -2.34. The van der Waals surface area contributed by atoms with Crippen molar-refractivity contribution in [3.05, 3.63) is 101 Å². The molecule has 5 rings (SSSR count). The van der Waals surface area contributed by atoms with Gasteiger partial charge in [0, 0.05) is 35.4 Å². The minimum absolute atomic E-state index is 0.230. The summed E-state index contributed by atoms with van der Waals surface area (Å²) in [5, 5.41) is 0. The van der Waals surface area contributed by atoms with Crippen LogP contribution in [0, 0.1) is 6.92 Å². The Bertz CT molecular complexity index is 1340. The predicted molar refractivity (Wildman–Crippen MR) is 130 cm³/mol. The van der Waals surface area contributed by atoms with E-state index in [1.807, 2.05) is 25.1 Å². The zero-order chi connectivity index (χ0) is 22.9. The first kappa shape index (κ1) is 21.2. The molecule has 4 nitrogen and oxygen atoms in total. The molecule has 1 aliphatic carbocycles. The van der Waals surface area contributed by atoms with E-state index in [0.29, 0.717) is 6.61 Å². The Labute approximate surface area is 195 Å². The van der Waals surface area contributed by atoms with Crippen LogP contribution in [-0.4, -0.2) is 17.1 Å². The number of hydrogen-bond donors (Lipinski definition) is 0. The molecule has 0 bridgehead atoms. The lowest BCUT2D eigenvalue weighted by molar-refractivity contribution is -0.688. The van der Waals surface area contributed by atoms with Crippen LogP contribution in [0.1, 0.15) is 39.5 Å². The number of nitrogens with zero attached hydrogens (tertiary/aromatic N) is 2. The quantitative estimate of drug-likeness (QED) is 0.315. The van der Waals surface area contributed by atoms with Gasteiger partial charge in [-0.25, -0.2) is 9.36 Å². The monoisotopic (exact) mass is 437 g/mol. The molecule has 0 fully saturated rings. The molecule has 0 amide bonds. The maximum Gasteiger partial charge on any atom is 0.340 e. The van der Waals surface area contributed by atoms with Gasteiger partial charge in [-0.15, -0.1) is 0 Å². The fourth-order valence-electron chi connectivity index (χ4n) is 5.08. The summed E-state index contributed by atoms with van der Waals surface area (Å²) in [7, 11) is 2.07. The maximum absolute atomic E-state index is 13.2. The molecule has 4 aromatic rings. The Hall–Kier alpha value is -3.66. The van der Waals surface area contributed by atoms with E-state index in [0.717, 1.165) is 53.0 Å². The topological polar surface area (TPSA) is 35.1 Å². The van der Waals surface area contributed by atoms with E-state index < -0.39 is 0 Å². The van der Waals surface area contributed by atoms with Crippen molar-refractivity contribution in [3.63, 3.8) is 0 Å². The third kappa shape index (κ3) is 3.76. The molecule has 0 saturated carbocycles. The highest BCUT2D eigenvalue weighted by Gasteiger charge is 2.32. The average molecular weight is 438 g/mol. The van der Waals surface area contributed by atoms with Crippen LogP contribution in [0.2, 0.25) is 0 Å². The fraction of sp³-hybridized carbons (Fsp3) is 0.241. The number of carbonyl (C=O) groups is 1. The number of pyridine rings is 1. The van der Waals surface area contributed by atoms with E-state index in [1.165, 1.54) is 16.7 Å². The van der Waals surface area contributed by atoms with Gasteiger partial charge >= 0.3 is 5.97 Å². The van der Waals surface area contributed by atoms with Crippen LogP contribution in [0.15, 0.2) is 73.1 Å². The van der Waals surface area contributed by atoms with Crippen LogP contribution in [-0.2, 0) is 31.2 Å². The first-order valence-corrected chi connectivity index (χ1v) is 11.6. The van der Waals surface area contributed by atoms with E-state index in [-0.39, 0.29) is 5.97 Å². The van der Waals surface area contributed by atoms with Crippen molar-refractivity contribution in [2.45, 2.75) is 33.2 Å². The van der Waals surface area contributed by atoms with Crippen molar-refractivity contribution >= 4 is 5.97 Å². The molecule has 0 radical (unpaired) electrons. The smallest absolute Gasteiger partial charge is 0.340 e. The number of aryl methyl sites for hydroxylation is 2. The number of ether oxygens (including phenoxy) is 1. The Morgan fingerprint density at radius 2 is 1.73 bits per heavy atom. The van der Waals surface area contributed by atoms with Crippen molar-refractivity contribution in [1.29, 1.82) is 0 Å². The summed E-state index contributed by atoms with van der Waals surface area (Å²) in [6.07, 6.45) is 6.13. The molecule has 0 atom stereocenters. The van der Waals surface area contributed by atoms with Gasteiger partial charge in [0.15, 0.2) is 18.9 Å². The van der Waals surface area contributed by atoms with Crippen LogP contribution in [0.25, 0.3) is 22.5 Å². The normalized spacial score (nSPS) is 12.2. The highest BCUT2D eigenvalue weighted by molar-refractivity contribution is 6.02. The number of aromatic nitrogens is 2. The zero-order valence-corrected chi connectivity index (χ0v) is 19.5. The summed E-state index contributed by atoms with van der Waals surface area (Å²) in [5.74, 6) is -0.230. The minimum Gasteiger partial charge on any atom is -0.462 e. The highest BCUT2D eigenvalue weighted by atomic mass is 16.5. The van der Waals surface area contributed by atoms with Crippen molar-refractivity contribution in [2.75, 3.05) is 6.61 Å². The van der Waals surface area contributed by atoms with E-state index in [4.69, 9.17) is 4.74 Å². The SMILES string of the molecule is CCOC(=O)c1c2c(n(C)c1-c1ccccc1C)-c1cc[n+](Cc3ccccc3)cc1CC2. The number of carbonyl (C=O) groups excluding carboxylic acids is 1. The van der Waals surface area contributed by atoms with Crippen molar-refractivity contribution in [3.8, 4) is 22.5 Å².